The Kier molecular flexibility index (Phi) is 5.25. The van der Waals surface area contributed by atoms with Gasteiger partial charge in [0, 0.05) is 23.3 Å². The van der Waals surface area contributed by atoms with E-state index in [0.717, 1.165) is 27.8 Å². The number of hydrazone groups is 1. The van der Waals surface area contributed by atoms with Crippen molar-refractivity contribution in [3.63, 3.8) is 0 Å². The van der Waals surface area contributed by atoms with Crippen LogP contribution in [0.4, 0.5) is 0 Å². The third-order valence-electron chi connectivity index (χ3n) is 4.28. The molecule has 0 saturated carbocycles. The maximum absolute atomic E-state index is 12.8. The highest BCUT2D eigenvalue weighted by atomic mass is 16.3. The Morgan fingerprint density at radius 3 is 2.72 bits per heavy atom. The van der Waals surface area contributed by atoms with Gasteiger partial charge in [-0.05, 0) is 55.0 Å². The zero-order chi connectivity index (χ0) is 20.1. The summed E-state index contributed by atoms with van der Waals surface area (Å²) in [6, 6.07) is 16.7. The van der Waals surface area contributed by atoms with E-state index in [2.05, 4.69) is 20.5 Å². The van der Waals surface area contributed by atoms with Crippen LogP contribution >= 0.6 is 0 Å². The number of hydrogen-bond donors (Lipinski definition) is 1. The predicted octanol–water partition coefficient (Wildman–Crippen LogP) is 4.71. The zero-order valence-corrected chi connectivity index (χ0v) is 15.7. The fourth-order valence-electron chi connectivity index (χ4n) is 2.92. The number of fused-ring (bicyclic) bond motifs is 1. The molecule has 0 bridgehead atoms. The number of nitrogens with zero attached hydrogens (tertiary/aromatic N) is 3. The lowest BCUT2D eigenvalue weighted by Crippen LogP contribution is -2.18. The van der Waals surface area contributed by atoms with Crippen molar-refractivity contribution in [3.8, 4) is 11.3 Å². The highest BCUT2D eigenvalue weighted by Crippen LogP contribution is 2.24. The van der Waals surface area contributed by atoms with Gasteiger partial charge in [-0.15, -0.1) is 0 Å². The molecule has 4 rings (SSSR count). The molecular formula is C23H18N4O2. The Morgan fingerprint density at radius 2 is 1.93 bits per heavy atom. The summed E-state index contributed by atoms with van der Waals surface area (Å²) in [5.41, 5.74) is 6.28. The van der Waals surface area contributed by atoms with Crippen molar-refractivity contribution in [1.29, 1.82) is 0 Å². The molecule has 142 valence electrons. The van der Waals surface area contributed by atoms with E-state index in [1.54, 1.807) is 30.9 Å². The van der Waals surface area contributed by atoms with Gasteiger partial charge in [-0.25, -0.2) is 10.4 Å². The summed E-state index contributed by atoms with van der Waals surface area (Å²) < 4.78 is 5.27. The summed E-state index contributed by atoms with van der Waals surface area (Å²) in [5, 5.41) is 4.84. The Bertz CT molecular complexity index is 1200. The van der Waals surface area contributed by atoms with Gasteiger partial charge >= 0.3 is 0 Å². The number of allylic oxidation sites excluding steroid dienone is 1. The average molecular weight is 382 g/mol. The molecule has 29 heavy (non-hydrogen) atoms. The van der Waals surface area contributed by atoms with Crippen LogP contribution in [0.5, 0.6) is 0 Å². The van der Waals surface area contributed by atoms with Crippen LogP contribution in [0.1, 0.15) is 23.0 Å². The molecule has 6 nitrogen and oxygen atoms in total. The van der Waals surface area contributed by atoms with E-state index in [0.29, 0.717) is 11.3 Å². The zero-order valence-electron chi connectivity index (χ0n) is 15.7. The van der Waals surface area contributed by atoms with Crippen molar-refractivity contribution in [2.45, 2.75) is 6.92 Å². The van der Waals surface area contributed by atoms with Crippen LogP contribution in [0.2, 0.25) is 0 Å². The van der Waals surface area contributed by atoms with Gasteiger partial charge in [0.05, 0.1) is 29.3 Å². The number of furan rings is 1. The second-order valence-electron chi connectivity index (χ2n) is 6.41. The Hall–Kier alpha value is -4.06. The van der Waals surface area contributed by atoms with Crippen molar-refractivity contribution in [1.82, 2.24) is 15.4 Å². The number of carbonyl (C=O) groups excluding carboxylic acids is 1. The number of para-hydroxylation sites is 1. The van der Waals surface area contributed by atoms with Crippen molar-refractivity contribution < 1.29 is 9.21 Å². The molecule has 3 heterocycles. The summed E-state index contributed by atoms with van der Waals surface area (Å²) in [4.78, 5) is 21.5. The minimum Gasteiger partial charge on any atom is -0.465 e. The maximum atomic E-state index is 12.8. The molecule has 0 spiro atoms. The lowest BCUT2D eigenvalue weighted by molar-refractivity contribution is 0.0956. The Balaban J connectivity index is 1.62. The molecule has 4 aromatic rings. The van der Waals surface area contributed by atoms with E-state index in [4.69, 9.17) is 4.42 Å². The van der Waals surface area contributed by atoms with Crippen molar-refractivity contribution in [3.05, 3.63) is 90.2 Å². The van der Waals surface area contributed by atoms with Crippen LogP contribution in [-0.2, 0) is 0 Å². The highest BCUT2D eigenvalue weighted by molar-refractivity contribution is 6.07. The molecular weight excluding hydrogens is 364 g/mol. The van der Waals surface area contributed by atoms with Crippen LogP contribution < -0.4 is 5.43 Å². The fourth-order valence-corrected chi connectivity index (χ4v) is 2.92. The standard InChI is InChI=1S/C23H18N4O2/c1-16(13-18-5-4-12-29-18)15-25-27-23(28)20-14-22(17-8-10-24-11-9-17)26-21-7-3-2-6-19(20)21/h2-15H,1H3,(H,27,28)/b16-13+,25-15-. The lowest BCUT2D eigenvalue weighted by atomic mass is 10.0. The molecule has 0 atom stereocenters. The average Bonchev–Trinajstić information content (AvgIpc) is 3.26. The molecule has 1 amide bonds. The van der Waals surface area contributed by atoms with E-state index in [-0.39, 0.29) is 5.91 Å². The van der Waals surface area contributed by atoms with Gasteiger partial charge in [-0.1, -0.05) is 18.2 Å². The minimum absolute atomic E-state index is 0.305. The van der Waals surface area contributed by atoms with Gasteiger partial charge in [0.2, 0.25) is 0 Å². The van der Waals surface area contributed by atoms with Crippen molar-refractivity contribution in [2.75, 3.05) is 0 Å². The minimum atomic E-state index is -0.305. The summed E-state index contributed by atoms with van der Waals surface area (Å²) in [6.45, 7) is 1.88. The molecule has 0 aliphatic heterocycles. The second kappa shape index (κ2) is 8.31. The Morgan fingerprint density at radius 1 is 1.10 bits per heavy atom. The fraction of sp³-hybridized carbons (Fsp3) is 0.0435. The second-order valence-corrected chi connectivity index (χ2v) is 6.41. The number of pyridine rings is 2. The van der Waals surface area contributed by atoms with Gasteiger partial charge in [0.15, 0.2) is 0 Å². The molecule has 6 heteroatoms. The summed E-state index contributed by atoms with van der Waals surface area (Å²) in [6.07, 6.45) is 8.41. The predicted molar refractivity (Wildman–Crippen MR) is 113 cm³/mol. The van der Waals surface area contributed by atoms with Gasteiger partial charge in [-0.3, -0.25) is 9.78 Å². The molecule has 0 aliphatic carbocycles. The highest BCUT2D eigenvalue weighted by Gasteiger charge is 2.13. The first-order chi connectivity index (χ1) is 14.2. The molecule has 0 unspecified atom stereocenters. The molecule has 0 radical (unpaired) electrons. The smallest absolute Gasteiger partial charge is 0.272 e. The van der Waals surface area contributed by atoms with Crippen LogP contribution in [0, 0.1) is 0 Å². The summed E-state index contributed by atoms with van der Waals surface area (Å²) in [5.74, 6) is 0.420. The third-order valence-corrected chi connectivity index (χ3v) is 4.28. The monoisotopic (exact) mass is 382 g/mol. The van der Waals surface area contributed by atoms with Crippen molar-refractivity contribution in [2.24, 2.45) is 5.10 Å². The summed E-state index contributed by atoms with van der Waals surface area (Å²) in [7, 11) is 0. The molecule has 0 aliphatic rings. The number of amides is 1. The molecule has 0 fully saturated rings. The summed E-state index contributed by atoms with van der Waals surface area (Å²) >= 11 is 0. The van der Waals surface area contributed by atoms with Crippen LogP contribution in [-0.4, -0.2) is 22.1 Å². The van der Waals surface area contributed by atoms with Crippen LogP contribution in [0.15, 0.2) is 88.3 Å². The van der Waals surface area contributed by atoms with E-state index < -0.39 is 0 Å². The third kappa shape index (κ3) is 4.27. The largest absolute Gasteiger partial charge is 0.465 e. The quantitative estimate of drug-likeness (QED) is 0.400. The van der Waals surface area contributed by atoms with Gasteiger partial charge in [-0.2, -0.15) is 5.10 Å². The number of benzene rings is 1. The van der Waals surface area contributed by atoms with E-state index in [9.17, 15) is 4.79 Å². The first-order valence-corrected chi connectivity index (χ1v) is 9.06. The topological polar surface area (TPSA) is 80.4 Å². The van der Waals surface area contributed by atoms with Crippen LogP contribution in [0.3, 0.4) is 0 Å². The number of rotatable bonds is 5. The SMILES string of the molecule is CC(/C=N\NC(=O)c1cc(-c2ccncc2)nc2ccccc12)=C\c1ccco1. The number of nitrogens with one attached hydrogen (secondary N) is 1. The number of hydrogen-bond acceptors (Lipinski definition) is 5. The number of aromatic nitrogens is 2. The van der Waals surface area contributed by atoms with Gasteiger partial charge in [0.1, 0.15) is 5.76 Å². The normalized spacial score (nSPS) is 11.8. The first-order valence-electron chi connectivity index (χ1n) is 9.06. The van der Waals surface area contributed by atoms with E-state index in [1.165, 1.54) is 0 Å². The Labute approximate surface area is 167 Å². The molecule has 3 aromatic heterocycles. The van der Waals surface area contributed by atoms with Gasteiger partial charge < -0.3 is 4.42 Å². The maximum Gasteiger partial charge on any atom is 0.272 e. The van der Waals surface area contributed by atoms with Crippen molar-refractivity contribution >= 4 is 29.1 Å². The number of carbonyl (C=O) groups is 1. The molecule has 0 saturated heterocycles. The van der Waals surface area contributed by atoms with E-state index in [1.807, 2.05) is 61.5 Å². The van der Waals surface area contributed by atoms with E-state index >= 15 is 0 Å². The molecule has 1 N–H and O–H groups in total. The van der Waals surface area contributed by atoms with Gasteiger partial charge in [0.25, 0.3) is 5.91 Å². The lowest BCUT2D eigenvalue weighted by Gasteiger charge is -2.08. The first kappa shape index (κ1) is 18.3. The molecule has 1 aromatic carbocycles. The van der Waals surface area contributed by atoms with Crippen LogP contribution in [0.25, 0.3) is 28.2 Å².